The monoisotopic (exact) mass is 444 g/mol. The first kappa shape index (κ1) is 20.7. The van der Waals surface area contributed by atoms with Gasteiger partial charge in [0.1, 0.15) is 41.7 Å². The van der Waals surface area contributed by atoms with Crippen LogP contribution in [0, 0.1) is 0 Å². The summed E-state index contributed by atoms with van der Waals surface area (Å²) in [6.45, 7) is 5.46. The standard InChI is InChI=1S/C22H25ClN4O4/c1-21(2)30-15-16(31-21)20(27-10-9-14-18(24-4)25-11-26-19(14)27)29-17(15)22(3,28)12-5-7-13(23)8-6-12/h5-11,15-17,20,28H,1-4H3,(H,24,25,26)/t15-,16+,17-,20+,22+/m0/s1. The number of anilines is 1. The Balaban J connectivity index is 1.57. The second-order valence-corrected chi connectivity index (χ2v) is 9.04. The third kappa shape index (κ3) is 3.30. The SMILES string of the molecule is CNc1ncnc2c1ccn2[C@@H]1O[C@H]([C@](C)(O)c2ccc(Cl)cc2)[C@H]2OC(C)(C)O[C@H]21. The molecule has 0 amide bonds. The van der Waals surface area contributed by atoms with Crippen molar-refractivity contribution in [1.29, 1.82) is 0 Å². The first-order chi connectivity index (χ1) is 14.7. The van der Waals surface area contributed by atoms with Gasteiger partial charge in [-0.15, -0.1) is 0 Å². The van der Waals surface area contributed by atoms with Gasteiger partial charge in [-0.3, -0.25) is 0 Å². The topological polar surface area (TPSA) is 90.7 Å². The molecule has 2 N–H and O–H groups in total. The zero-order chi connectivity index (χ0) is 22.0. The van der Waals surface area contributed by atoms with Crippen LogP contribution in [0.5, 0.6) is 0 Å². The molecule has 0 saturated carbocycles. The van der Waals surface area contributed by atoms with Gasteiger partial charge in [0.15, 0.2) is 12.0 Å². The van der Waals surface area contributed by atoms with Gasteiger partial charge in [0, 0.05) is 18.3 Å². The summed E-state index contributed by atoms with van der Waals surface area (Å²) in [5, 5.41) is 16.1. The Morgan fingerprint density at radius 3 is 2.55 bits per heavy atom. The Morgan fingerprint density at radius 2 is 1.84 bits per heavy atom. The number of fused-ring (bicyclic) bond motifs is 2. The zero-order valence-electron chi connectivity index (χ0n) is 17.7. The third-order valence-electron chi connectivity index (χ3n) is 6.03. The Bertz CT molecular complexity index is 1110. The largest absolute Gasteiger partial charge is 0.383 e. The molecule has 2 aliphatic heterocycles. The Hall–Kier alpha value is -2.23. The van der Waals surface area contributed by atoms with E-state index in [-0.39, 0.29) is 0 Å². The van der Waals surface area contributed by atoms with Crippen molar-refractivity contribution in [1.82, 2.24) is 14.5 Å². The number of hydrogen-bond donors (Lipinski definition) is 2. The van der Waals surface area contributed by atoms with Crippen molar-refractivity contribution in [2.24, 2.45) is 0 Å². The van der Waals surface area contributed by atoms with E-state index in [1.54, 1.807) is 31.2 Å². The fraction of sp³-hybridized carbons (Fsp3) is 0.455. The van der Waals surface area contributed by atoms with Gasteiger partial charge in [0.2, 0.25) is 0 Å². The Labute approximate surface area is 185 Å². The van der Waals surface area contributed by atoms with Gasteiger partial charge in [-0.25, -0.2) is 9.97 Å². The van der Waals surface area contributed by atoms with Crippen LogP contribution in [-0.2, 0) is 19.8 Å². The number of nitrogens with one attached hydrogen (secondary N) is 1. The van der Waals surface area contributed by atoms with Gasteiger partial charge in [-0.05, 0) is 44.5 Å². The fourth-order valence-electron chi connectivity index (χ4n) is 4.58. The van der Waals surface area contributed by atoms with Crippen LogP contribution >= 0.6 is 11.6 Å². The lowest BCUT2D eigenvalue weighted by atomic mass is 9.87. The predicted molar refractivity (Wildman–Crippen MR) is 116 cm³/mol. The summed E-state index contributed by atoms with van der Waals surface area (Å²) in [6.07, 6.45) is 1.29. The molecule has 31 heavy (non-hydrogen) atoms. The molecule has 2 saturated heterocycles. The molecule has 0 bridgehead atoms. The maximum absolute atomic E-state index is 11.6. The predicted octanol–water partition coefficient (Wildman–Crippen LogP) is 3.45. The van der Waals surface area contributed by atoms with Crippen molar-refractivity contribution < 1.29 is 19.3 Å². The molecule has 2 aromatic heterocycles. The van der Waals surface area contributed by atoms with Crippen molar-refractivity contribution in [3.8, 4) is 0 Å². The van der Waals surface area contributed by atoms with Crippen molar-refractivity contribution in [2.75, 3.05) is 12.4 Å². The molecule has 0 aliphatic carbocycles. The van der Waals surface area contributed by atoms with Gasteiger partial charge in [-0.2, -0.15) is 0 Å². The second-order valence-electron chi connectivity index (χ2n) is 8.60. The van der Waals surface area contributed by atoms with E-state index in [2.05, 4.69) is 15.3 Å². The van der Waals surface area contributed by atoms with E-state index in [0.29, 0.717) is 16.2 Å². The summed E-state index contributed by atoms with van der Waals surface area (Å²) >= 11 is 6.04. The quantitative estimate of drug-likeness (QED) is 0.636. The first-order valence-electron chi connectivity index (χ1n) is 10.2. The number of halogens is 1. The van der Waals surface area contributed by atoms with E-state index in [1.807, 2.05) is 37.7 Å². The lowest BCUT2D eigenvalue weighted by Gasteiger charge is -2.34. The average Bonchev–Trinajstić information content (AvgIpc) is 3.38. The number of aliphatic hydroxyl groups is 1. The number of rotatable bonds is 4. The minimum atomic E-state index is -1.33. The van der Waals surface area contributed by atoms with Crippen LogP contribution in [-0.4, -0.2) is 50.8 Å². The molecule has 5 atom stereocenters. The molecular formula is C22H25ClN4O4. The Kier molecular flexibility index (Phi) is 4.76. The number of aromatic nitrogens is 3. The van der Waals surface area contributed by atoms with Crippen molar-refractivity contribution >= 4 is 28.5 Å². The van der Waals surface area contributed by atoms with Gasteiger partial charge in [-0.1, -0.05) is 23.7 Å². The molecule has 8 nitrogen and oxygen atoms in total. The van der Waals surface area contributed by atoms with Crippen LogP contribution in [0.25, 0.3) is 11.0 Å². The van der Waals surface area contributed by atoms with Crippen LogP contribution in [0.2, 0.25) is 5.02 Å². The zero-order valence-corrected chi connectivity index (χ0v) is 18.5. The molecule has 0 unspecified atom stereocenters. The maximum Gasteiger partial charge on any atom is 0.164 e. The summed E-state index contributed by atoms with van der Waals surface area (Å²) in [6, 6.07) is 9.03. The Morgan fingerprint density at radius 1 is 1.13 bits per heavy atom. The van der Waals surface area contributed by atoms with Gasteiger partial charge in [0.25, 0.3) is 0 Å². The maximum atomic E-state index is 11.6. The minimum Gasteiger partial charge on any atom is -0.383 e. The summed E-state index contributed by atoms with van der Waals surface area (Å²) in [4.78, 5) is 8.73. The minimum absolute atomic E-state index is 0.428. The van der Waals surface area contributed by atoms with Crippen LogP contribution in [0.1, 0.15) is 32.6 Å². The molecule has 3 aromatic rings. The third-order valence-corrected chi connectivity index (χ3v) is 6.28. The van der Waals surface area contributed by atoms with Crippen molar-refractivity contribution in [3.05, 3.63) is 53.4 Å². The first-order valence-corrected chi connectivity index (χ1v) is 10.6. The summed E-state index contributed by atoms with van der Waals surface area (Å²) in [5.74, 6) is -0.0772. The molecule has 164 valence electrons. The molecular weight excluding hydrogens is 420 g/mol. The van der Waals surface area contributed by atoms with E-state index >= 15 is 0 Å². The highest BCUT2D eigenvalue weighted by Crippen LogP contribution is 2.48. The lowest BCUT2D eigenvalue weighted by molar-refractivity contribution is -0.221. The number of nitrogens with zero attached hydrogens (tertiary/aromatic N) is 3. The molecule has 0 spiro atoms. The summed E-state index contributed by atoms with van der Waals surface area (Å²) in [7, 11) is 1.82. The van der Waals surface area contributed by atoms with Gasteiger partial charge >= 0.3 is 0 Å². The summed E-state index contributed by atoms with van der Waals surface area (Å²) < 4.78 is 20.8. The number of benzene rings is 1. The molecule has 2 fully saturated rings. The highest BCUT2D eigenvalue weighted by molar-refractivity contribution is 6.30. The molecule has 2 aliphatic rings. The fourth-order valence-corrected chi connectivity index (χ4v) is 4.71. The average molecular weight is 445 g/mol. The lowest BCUT2D eigenvalue weighted by Crippen LogP contribution is -2.45. The number of ether oxygens (including phenoxy) is 3. The van der Waals surface area contributed by atoms with E-state index in [4.69, 9.17) is 25.8 Å². The van der Waals surface area contributed by atoms with E-state index < -0.39 is 35.9 Å². The number of hydrogen-bond acceptors (Lipinski definition) is 7. The van der Waals surface area contributed by atoms with Crippen LogP contribution in [0.4, 0.5) is 5.82 Å². The molecule has 9 heteroatoms. The molecule has 5 rings (SSSR count). The van der Waals surface area contributed by atoms with E-state index in [1.165, 1.54) is 6.33 Å². The highest BCUT2D eigenvalue weighted by atomic mass is 35.5. The molecule has 1 aromatic carbocycles. The molecule has 0 radical (unpaired) electrons. The van der Waals surface area contributed by atoms with Crippen LogP contribution < -0.4 is 5.32 Å². The van der Waals surface area contributed by atoms with Crippen LogP contribution in [0.15, 0.2) is 42.9 Å². The van der Waals surface area contributed by atoms with Crippen molar-refractivity contribution in [2.45, 2.75) is 56.7 Å². The van der Waals surface area contributed by atoms with Crippen LogP contribution in [0.3, 0.4) is 0 Å². The van der Waals surface area contributed by atoms with E-state index in [0.717, 1.165) is 11.2 Å². The molecule has 4 heterocycles. The summed E-state index contributed by atoms with van der Waals surface area (Å²) in [5.41, 5.74) is 0.0649. The van der Waals surface area contributed by atoms with E-state index in [9.17, 15) is 5.11 Å². The normalized spacial score (nSPS) is 29.1. The van der Waals surface area contributed by atoms with Gasteiger partial charge in [0.05, 0.1) is 5.39 Å². The smallest absolute Gasteiger partial charge is 0.164 e. The van der Waals surface area contributed by atoms with Crippen molar-refractivity contribution in [3.63, 3.8) is 0 Å². The second kappa shape index (κ2) is 7.15. The van der Waals surface area contributed by atoms with Gasteiger partial charge < -0.3 is 29.2 Å². The highest BCUT2D eigenvalue weighted by Gasteiger charge is 2.60.